The van der Waals surface area contributed by atoms with E-state index in [-0.39, 0.29) is 24.5 Å². The molecule has 1 aliphatic rings. The Balaban J connectivity index is 1.77. The van der Waals surface area contributed by atoms with Gasteiger partial charge in [0.25, 0.3) is 0 Å². The number of aliphatic carboxylic acids is 1. The minimum absolute atomic E-state index is 0.0550. The van der Waals surface area contributed by atoms with Gasteiger partial charge in [-0.1, -0.05) is 26.0 Å². The van der Waals surface area contributed by atoms with Gasteiger partial charge in [0.2, 0.25) is 17.7 Å². The molecule has 1 fully saturated rings. The Morgan fingerprint density at radius 2 is 1.84 bits per heavy atom. The van der Waals surface area contributed by atoms with Crippen molar-refractivity contribution in [2.75, 3.05) is 6.54 Å². The van der Waals surface area contributed by atoms with Crippen LogP contribution >= 0.6 is 0 Å². The number of carboxylic acids is 1. The molecule has 1 aromatic carbocycles. The highest BCUT2D eigenvalue weighted by Crippen LogP contribution is 2.20. The third kappa shape index (κ3) is 7.29. The zero-order valence-corrected chi connectivity index (χ0v) is 20.9. The van der Waals surface area contributed by atoms with Gasteiger partial charge in [0.1, 0.15) is 23.9 Å². The first-order valence-corrected chi connectivity index (χ1v) is 12.2. The molecule has 2 heterocycles. The number of likely N-dealkylation sites (tertiary alicyclic amines) is 1. The number of amides is 3. The van der Waals surface area contributed by atoms with Gasteiger partial charge in [0.15, 0.2) is 0 Å². The number of benzene rings is 1. The van der Waals surface area contributed by atoms with E-state index >= 15 is 0 Å². The van der Waals surface area contributed by atoms with E-state index in [1.54, 1.807) is 32.2 Å². The van der Waals surface area contributed by atoms with E-state index in [9.17, 15) is 29.4 Å². The number of hydrogen-bond donors (Lipinski definition) is 6. The van der Waals surface area contributed by atoms with Crippen molar-refractivity contribution in [1.82, 2.24) is 25.5 Å². The summed E-state index contributed by atoms with van der Waals surface area (Å²) in [5, 5.41) is 24.5. The average molecular weight is 515 g/mol. The van der Waals surface area contributed by atoms with Crippen LogP contribution in [0.15, 0.2) is 36.8 Å². The van der Waals surface area contributed by atoms with Crippen LogP contribution in [0.3, 0.4) is 0 Å². The van der Waals surface area contributed by atoms with E-state index in [1.165, 1.54) is 23.4 Å². The summed E-state index contributed by atoms with van der Waals surface area (Å²) >= 11 is 0. The molecule has 2 aromatic rings. The van der Waals surface area contributed by atoms with Crippen LogP contribution in [0.1, 0.15) is 37.9 Å². The predicted octanol–water partition coefficient (Wildman–Crippen LogP) is -0.0710. The molecule has 12 heteroatoms. The molecule has 37 heavy (non-hydrogen) atoms. The summed E-state index contributed by atoms with van der Waals surface area (Å²) in [6.07, 6.45) is 4.20. The van der Waals surface area contributed by atoms with Crippen molar-refractivity contribution in [3.05, 3.63) is 48.0 Å². The SMILES string of the molecule is CC(C)C(NC(=O)C(Cc1ccc(O)cc1)NC(=O)C(N)Cc1cnc[nH]1)C(=O)N1CCCC1C(=O)O. The summed E-state index contributed by atoms with van der Waals surface area (Å²) in [4.78, 5) is 59.2. The van der Waals surface area contributed by atoms with Gasteiger partial charge >= 0.3 is 5.97 Å². The lowest BCUT2D eigenvalue weighted by molar-refractivity contribution is -0.150. The number of imidazole rings is 1. The number of carbonyl (C=O) groups excluding carboxylic acids is 3. The fraction of sp³-hybridized carbons (Fsp3) is 0.480. The fourth-order valence-electron chi connectivity index (χ4n) is 4.31. The molecule has 1 aliphatic heterocycles. The number of nitrogens with one attached hydrogen (secondary N) is 3. The van der Waals surface area contributed by atoms with Crippen LogP contribution in [0.4, 0.5) is 0 Å². The lowest BCUT2D eigenvalue weighted by Crippen LogP contribution is -2.59. The minimum Gasteiger partial charge on any atom is -0.508 e. The number of rotatable bonds is 11. The van der Waals surface area contributed by atoms with Crippen molar-refractivity contribution in [3.63, 3.8) is 0 Å². The second-order valence-corrected chi connectivity index (χ2v) is 9.58. The summed E-state index contributed by atoms with van der Waals surface area (Å²) in [6.45, 7) is 3.80. The lowest BCUT2D eigenvalue weighted by Gasteiger charge is -2.31. The molecular formula is C25H34N6O6. The van der Waals surface area contributed by atoms with Crippen molar-refractivity contribution in [2.45, 2.75) is 63.7 Å². The van der Waals surface area contributed by atoms with E-state index in [1.807, 2.05) is 0 Å². The third-order valence-electron chi connectivity index (χ3n) is 6.39. The summed E-state index contributed by atoms with van der Waals surface area (Å²) < 4.78 is 0. The summed E-state index contributed by atoms with van der Waals surface area (Å²) in [5.74, 6) is -3.00. The van der Waals surface area contributed by atoms with E-state index in [4.69, 9.17) is 5.73 Å². The van der Waals surface area contributed by atoms with E-state index in [2.05, 4.69) is 20.6 Å². The standard InChI is InChI=1S/C25H34N6O6/c1-14(2)21(24(35)31-9-3-4-20(31)25(36)37)30-23(34)19(10-15-5-7-17(32)8-6-15)29-22(33)18(26)11-16-12-27-13-28-16/h5-8,12-14,18-21,32H,3-4,9-11,26H2,1-2H3,(H,27,28)(H,29,33)(H,30,34)(H,36,37). The maximum Gasteiger partial charge on any atom is 0.326 e. The van der Waals surface area contributed by atoms with Crippen molar-refractivity contribution >= 4 is 23.7 Å². The molecule has 7 N–H and O–H groups in total. The van der Waals surface area contributed by atoms with Gasteiger partial charge in [-0.25, -0.2) is 9.78 Å². The van der Waals surface area contributed by atoms with Gasteiger partial charge in [-0.3, -0.25) is 14.4 Å². The number of aromatic hydroxyl groups is 1. The number of aromatic nitrogens is 2. The van der Waals surface area contributed by atoms with Crippen LogP contribution in [-0.4, -0.2) is 79.5 Å². The van der Waals surface area contributed by atoms with Crippen molar-refractivity contribution < 1.29 is 29.4 Å². The zero-order valence-electron chi connectivity index (χ0n) is 20.9. The van der Waals surface area contributed by atoms with Crippen molar-refractivity contribution in [3.8, 4) is 5.75 Å². The Labute approximate surface area is 214 Å². The number of H-pyrrole nitrogens is 1. The highest BCUT2D eigenvalue weighted by atomic mass is 16.4. The molecule has 0 bridgehead atoms. The largest absolute Gasteiger partial charge is 0.508 e. The molecule has 3 rings (SSSR count). The number of phenols is 1. The first-order chi connectivity index (χ1) is 17.6. The molecule has 3 amide bonds. The molecule has 0 spiro atoms. The summed E-state index contributed by atoms with van der Waals surface area (Å²) in [6, 6.07) is 2.24. The van der Waals surface area contributed by atoms with E-state index < -0.39 is 47.9 Å². The second kappa shape index (κ2) is 12.3. The number of carboxylic acid groups (broad SMARTS) is 1. The Hall–Kier alpha value is -3.93. The van der Waals surface area contributed by atoms with E-state index in [0.717, 1.165) is 0 Å². The number of carbonyl (C=O) groups is 4. The fourth-order valence-corrected chi connectivity index (χ4v) is 4.31. The topological polar surface area (TPSA) is 191 Å². The molecule has 12 nitrogen and oxygen atoms in total. The second-order valence-electron chi connectivity index (χ2n) is 9.58. The summed E-state index contributed by atoms with van der Waals surface area (Å²) in [5.41, 5.74) is 7.38. The average Bonchev–Trinajstić information content (AvgIpc) is 3.55. The molecule has 1 saturated heterocycles. The monoisotopic (exact) mass is 514 g/mol. The molecule has 0 saturated carbocycles. The molecule has 4 unspecified atom stereocenters. The lowest BCUT2D eigenvalue weighted by atomic mass is 9.99. The Morgan fingerprint density at radius 1 is 1.14 bits per heavy atom. The van der Waals surface area contributed by atoms with Crippen LogP contribution in [-0.2, 0) is 32.0 Å². The third-order valence-corrected chi connectivity index (χ3v) is 6.39. The first kappa shape index (κ1) is 27.7. The van der Waals surface area contributed by atoms with Crippen LogP contribution in [0.5, 0.6) is 5.75 Å². The van der Waals surface area contributed by atoms with Gasteiger partial charge in [-0.15, -0.1) is 0 Å². The van der Waals surface area contributed by atoms with Crippen LogP contribution in [0.25, 0.3) is 0 Å². The van der Waals surface area contributed by atoms with Gasteiger partial charge < -0.3 is 36.5 Å². The Kier molecular flexibility index (Phi) is 9.23. The Morgan fingerprint density at radius 3 is 2.43 bits per heavy atom. The molecule has 0 radical (unpaired) electrons. The normalized spacial score (nSPS) is 17.7. The number of nitrogens with zero attached hydrogens (tertiary/aromatic N) is 2. The molecule has 0 aliphatic carbocycles. The van der Waals surface area contributed by atoms with Crippen LogP contribution in [0, 0.1) is 5.92 Å². The first-order valence-electron chi connectivity index (χ1n) is 12.2. The van der Waals surface area contributed by atoms with Gasteiger partial charge in [0.05, 0.1) is 12.4 Å². The van der Waals surface area contributed by atoms with Gasteiger partial charge in [0, 0.05) is 31.3 Å². The number of phenolic OH excluding ortho intramolecular Hbond substituents is 1. The number of aromatic amines is 1. The summed E-state index contributed by atoms with van der Waals surface area (Å²) in [7, 11) is 0. The van der Waals surface area contributed by atoms with E-state index in [0.29, 0.717) is 30.6 Å². The molecule has 1 aromatic heterocycles. The van der Waals surface area contributed by atoms with Gasteiger partial charge in [-0.2, -0.15) is 0 Å². The Bertz CT molecular complexity index is 1090. The maximum atomic E-state index is 13.4. The van der Waals surface area contributed by atoms with Crippen LogP contribution < -0.4 is 16.4 Å². The highest BCUT2D eigenvalue weighted by Gasteiger charge is 2.39. The highest BCUT2D eigenvalue weighted by molar-refractivity contribution is 5.94. The van der Waals surface area contributed by atoms with Crippen molar-refractivity contribution in [2.24, 2.45) is 11.7 Å². The smallest absolute Gasteiger partial charge is 0.326 e. The number of hydrogen-bond acceptors (Lipinski definition) is 7. The molecular weight excluding hydrogens is 480 g/mol. The zero-order chi connectivity index (χ0) is 27.1. The van der Waals surface area contributed by atoms with Gasteiger partial charge in [-0.05, 0) is 36.5 Å². The van der Waals surface area contributed by atoms with Crippen LogP contribution in [0.2, 0.25) is 0 Å². The molecule has 4 atom stereocenters. The van der Waals surface area contributed by atoms with Crippen molar-refractivity contribution in [1.29, 1.82) is 0 Å². The quantitative estimate of drug-likeness (QED) is 0.240. The minimum atomic E-state index is -1.08. The predicted molar refractivity (Wildman–Crippen MR) is 133 cm³/mol. The number of nitrogens with two attached hydrogens (primary N) is 1. The maximum absolute atomic E-state index is 13.4. The molecule has 200 valence electrons.